The van der Waals surface area contributed by atoms with Crippen LogP contribution in [0.2, 0.25) is 0 Å². The van der Waals surface area contributed by atoms with Crippen molar-refractivity contribution in [2.24, 2.45) is 7.05 Å². The second-order valence-corrected chi connectivity index (χ2v) is 6.89. The number of benzene rings is 1. The van der Waals surface area contributed by atoms with Gasteiger partial charge in [0.2, 0.25) is 5.91 Å². The van der Waals surface area contributed by atoms with Crippen molar-refractivity contribution in [1.82, 2.24) is 20.1 Å². The third-order valence-corrected chi connectivity index (χ3v) is 5.04. The number of hydrogen-bond acceptors (Lipinski definition) is 5. The lowest BCUT2D eigenvalue weighted by Gasteiger charge is -2.18. The van der Waals surface area contributed by atoms with Gasteiger partial charge in [0, 0.05) is 7.05 Å². The molecule has 0 saturated heterocycles. The number of furan rings is 1. The van der Waals surface area contributed by atoms with Crippen LogP contribution in [0.5, 0.6) is 0 Å². The monoisotopic (exact) mass is 370 g/mol. The van der Waals surface area contributed by atoms with Crippen LogP contribution in [0.3, 0.4) is 0 Å². The van der Waals surface area contributed by atoms with Crippen LogP contribution in [0.1, 0.15) is 31.4 Å². The molecular formula is C19H22N4O2S. The predicted octanol–water partition coefficient (Wildman–Crippen LogP) is 3.82. The van der Waals surface area contributed by atoms with Crippen molar-refractivity contribution in [2.75, 3.05) is 5.75 Å². The first-order chi connectivity index (χ1) is 12.7. The highest BCUT2D eigenvalue weighted by atomic mass is 32.2. The third-order valence-electron chi connectivity index (χ3n) is 4.02. The number of carbonyl (C=O) groups excluding carboxylic acids is 1. The summed E-state index contributed by atoms with van der Waals surface area (Å²) in [5, 5.41) is 12.1. The van der Waals surface area contributed by atoms with Crippen LogP contribution < -0.4 is 5.32 Å². The van der Waals surface area contributed by atoms with E-state index >= 15 is 0 Å². The van der Waals surface area contributed by atoms with Crippen LogP contribution in [0.25, 0.3) is 11.6 Å². The molecule has 7 heteroatoms. The zero-order valence-electron chi connectivity index (χ0n) is 14.9. The van der Waals surface area contributed by atoms with E-state index in [2.05, 4.69) is 22.4 Å². The summed E-state index contributed by atoms with van der Waals surface area (Å²) in [5.74, 6) is 1.58. The summed E-state index contributed by atoms with van der Waals surface area (Å²) in [6, 6.07) is 13.7. The number of nitrogens with zero attached hydrogens (tertiary/aromatic N) is 3. The summed E-state index contributed by atoms with van der Waals surface area (Å²) in [4.78, 5) is 12.4. The number of aromatic nitrogens is 3. The SMILES string of the molecule is CCC[C@H](NC(=O)CSc1nnc(-c2ccco2)n1C)c1ccccc1. The minimum Gasteiger partial charge on any atom is -0.461 e. The van der Waals surface area contributed by atoms with Gasteiger partial charge in [-0.1, -0.05) is 55.4 Å². The number of thioether (sulfide) groups is 1. The molecule has 0 saturated carbocycles. The van der Waals surface area contributed by atoms with E-state index in [1.807, 2.05) is 54.1 Å². The number of nitrogens with one attached hydrogen (secondary N) is 1. The fraction of sp³-hybridized carbons (Fsp3) is 0.316. The Morgan fingerprint density at radius 1 is 1.23 bits per heavy atom. The number of amides is 1. The van der Waals surface area contributed by atoms with E-state index < -0.39 is 0 Å². The Morgan fingerprint density at radius 3 is 2.73 bits per heavy atom. The summed E-state index contributed by atoms with van der Waals surface area (Å²) in [5.41, 5.74) is 1.13. The Balaban J connectivity index is 1.60. The zero-order chi connectivity index (χ0) is 18.4. The third kappa shape index (κ3) is 4.35. The molecule has 136 valence electrons. The summed E-state index contributed by atoms with van der Waals surface area (Å²) in [7, 11) is 1.86. The maximum absolute atomic E-state index is 12.4. The van der Waals surface area contributed by atoms with E-state index in [9.17, 15) is 4.79 Å². The van der Waals surface area contributed by atoms with Crippen molar-refractivity contribution < 1.29 is 9.21 Å². The van der Waals surface area contributed by atoms with Gasteiger partial charge in [0.05, 0.1) is 18.1 Å². The van der Waals surface area contributed by atoms with E-state index in [0.717, 1.165) is 18.4 Å². The number of carbonyl (C=O) groups is 1. The molecule has 0 unspecified atom stereocenters. The zero-order valence-corrected chi connectivity index (χ0v) is 15.7. The molecule has 2 aromatic heterocycles. The van der Waals surface area contributed by atoms with Gasteiger partial charge in [-0.15, -0.1) is 10.2 Å². The predicted molar refractivity (Wildman–Crippen MR) is 102 cm³/mol. The molecule has 0 bridgehead atoms. The van der Waals surface area contributed by atoms with E-state index in [0.29, 0.717) is 16.7 Å². The lowest BCUT2D eigenvalue weighted by molar-refractivity contribution is -0.119. The topological polar surface area (TPSA) is 73.0 Å². The first kappa shape index (κ1) is 18.3. The van der Waals surface area contributed by atoms with Crippen molar-refractivity contribution in [3.05, 3.63) is 54.3 Å². The Kier molecular flexibility index (Phi) is 6.12. The highest BCUT2D eigenvalue weighted by Crippen LogP contribution is 2.23. The van der Waals surface area contributed by atoms with Gasteiger partial charge >= 0.3 is 0 Å². The molecule has 3 rings (SSSR count). The first-order valence-corrected chi connectivity index (χ1v) is 9.58. The van der Waals surface area contributed by atoms with Gasteiger partial charge in [0.1, 0.15) is 0 Å². The lowest BCUT2D eigenvalue weighted by atomic mass is 10.0. The molecule has 1 atom stereocenters. The maximum Gasteiger partial charge on any atom is 0.230 e. The van der Waals surface area contributed by atoms with E-state index in [1.54, 1.807) is 6.26 Å². The molecule has 2 heterocycles. The van der Waals surface area contributed by atoms with Gasteiger partial charge in [-0.25, -0.2) is 0 Å². The summed E-state index contributed by atoms with van der Waals surface area (Å²) >= 11 is 1.36. The Labute approximate surface area is 157 Å². The minimum absolute atomic E-state index is 0.0140. The normalized spacial score (nSPS) is 12.1. The van der Waals surface area contributed by atoms with Gasteiger partial charge in [-0.2, -0.15) is 0 Å². The van der Waals surface area contributed by atoms with Crippen LogP contribution in [-0.4, -0.2) is 26.4 Å². The molecule has 1 N–H and O–H groups in total. The molecule has 3 aromatic rings. The summed E-state index contributed by atoms with van der Waals surface area (Å²) in [6.45, 7) is 2.12. The van der Waals surface area contributed by atoms with Gasteiger partial charge in [-0.05, 0) is 24.1 Å². The van der Waals surface area contributed by atoms with Crippen molar-refractivity contribution >= 4 is 17.7 Å². The Morgan fingerprint density at radius 2 is 2.04 bits per heavy atom. The standard InChI is InChI=1S/C19H22N4O2S/c1-3-8-15(14-9-5-4-6-10-14)20-17(24)13-26-19-22-21-18(23(19)2)16-11-7-12-25-16/h4-7,9-12,15H,3,8,13H2,1-2H3,(H,20,24)/t15-/m0/s1. The van der Waals surface area contributed by atoms with Gasteiger partial charge in [-0.3, -0.25) is 4.79 Å². The second kappa shape index (κ2) is 8.71. The fourth-order valence-corrected chi connectivity index (χ4v) is 3.45. The molecule has 26 heavy (non-hydrogen) atoms. The van der Waals surface area contributed by atoms with Crippen LogP contribution >= 0.6 is 11.8 Å². The molecule has 6 nitrogen and oxygen atoms in total. The molecule has 1 aromatic carbocycles. The van der Waals surface area contributed by atoms with E-state index in [1.165, 1.54) is 11.8 Å². The molecular weight excluding hydrogens is 348 g/mol. The van der Waals surface area contributed by atoms with Crippen LogP contribution in [0.15, 0.2) is 58.3 Å². The summed E-state index contributed by atoms with van der Waals surface area (Å²) in [6.07, 6.45) is 3.51. The van der Waals surface area contributed by atoms with Gasteiger partial charge in [0.15, 0.2) is 16.7 Å². The molecule has 0 aliphatic heterocycles. The van der Waals surface area contributed by atoms with Crippen molar-refractivity contribution in [1.29, 1.82) is 0 Å². The average molecular weight is 370 g/mol. The van der Waals surface area contributed by atoms with E-state index in [4.69, 9.17) is 4.42 Å². The molecule has 1 amide bonds. The van der Waals surface area contributed by atoms with Crippen LogP contribution in [0.4, 0.5) is 0 Å². The quantitative estimate of drug-likeness (QED) is 0.610. The largest absolute Gasteiger partial charge is 0.461 e. The highest BCUT2D eigenvalue weighted by molar-refractivity contribution is 7.99. The fourth-order valence-electron chi connectivity index (χ4n) is 2.72. The maximum atomic E-state index is 12.4. The first-order valence-electron chi connectivity index (χ1n) is 8.59. The van der Waals surface area contributed by atoms with E-state index in [-0.39, 0.29) is 17.7 Å². The van der Waals surface area contributed by atoms with Crippen LogP contribution in [-0.2, 0) is 11.8 Å². The highest BCUT2D eigenvalue weighted by Gasteiger charge is 2.17. The lowest BCUT2D eigenvalue weighted by Crippen LogP contribution is -2.30. The Hall–Kier alpha value is -2.54. The van der Waals surface area contributed by atoms with Crippen LogP contribution in [0, 0.1) is 0 Å². The molecule has 0 aliphatic carbocycles. The van der Waals surface area contributed by atoms with Crippen molar-refractivity contribution in [2.45, 2.75) is 31.0 Å². The summed E-state index contributed by atoms with van der Waals surface area (Å²) < 4.78 is 7.19. The minimum atomic E-state index is -0.0140. The molecule has 0 fully saturated rings. The number of rotatable bonds is 8. The van der Waals surface area contributed by atoms with Crippen molar-refractivity contribution in [3.63, 3.8) is 0 Å². The van der Waals surface area contributed by atoms with Gasteiger partial charge < -0.3 is 14.3 Å². The molecule has 0 aliphatic rings. The Bertz CT molecular complexity index is 831. The smallest absolute Gasteiger partial charge is 0.230 e. The van der Waals surface area contributed by atoms with Crippen molar-refractivity contribution in [3.8, 4) is 11.6 Å². The molecule has 0 radical (unpaired) electrons. The number of hydrogen-bond donors (Lipinski definition) is 1. The average Bonchev–Trinajstić information content (AvgIpc) is 3.30. The van der Waals surface area contributed by atoms with Gasteiger partial charge in [0.25, 0.3) is 0 Å². The second-order valence-electron chi connectivity index (χ2n) is 5.95. The molecule has 0 spiro atoms.